The van der Waals surface area contributed by atoms with E-state index in [2.05, 4.69) is 10.4 Å². The van der Waals surface area contributed by atoms with Crippen molar-refractivity contribution in [3.63, 3.8) is 0 Å². The molecule has 1 atom stereocenters. The fourth-order valence-corrected chi connectivity index (χ4v) is 1.82. The molecule has 2 rings (SSSR count). The number of benzene rings is 1. The van der Waals surface area contributed by atoms with Gasteiger partial charge in [-0.15, -0.1) is 0 Å². The number of nitrogens with zero attached hydrogens (tertiary/aromatic N) is 2. The molecule has 0 aliphatic carbocycles. The molecule has 0 saturated heterocycles. The Bertz CT molecular complexity index is 786. The molecule has 7 nitrogen and oxygen atoms in total. The molecular formula is C15H14FN3O4. The summed E-state index contributed by atoms with van der Waals surface area (Å²) in [7, 11) is 0. The average Bonchev–Trinajstić information content (AvgIpc) is 2.50. The van der Waals surface area contributed by atoms with Gasteiger partial charge in [0.05, 0.1) is 5.69 Å². The number of rotatable bonds is 5. The summed E-state index contributed by atoms with van der Waals surface area (Å²) >= 11 is 0. The van der Waals surface area contributed by atoms with Gasteiger partial charge in [0.15, 0.2) is 0 Å². The summed E-state index contributed by atoms with van der Waals surface area (Å²) in [5.74, 6) is -2.23. The van der Waals surface area contributed by atoms with E-state index in [9.17, 15) is 18.8 Å². The van der Waals surface area contributed by atoms with Gasteiger partial charge < -0.3 is 10.4 Å². The Morgan fingerprint density at radius 3 is 2.52 bits per heavy atom. The lowest BCUT2D eigenvalue weighted by Gasteiger charge is -2.10. The Balaban J connectivity index is 2.21. The number of carboxylic acids is 1. The van der Waals surface area contributed by atoms with Crippen molar-refractivity contribution in [3.05, 3.63) is 52.6 Å². The second kappa shape index (κ2) is 6.82. The number of aliphatic carboxylic acids is 1. The van der Waals surface area contributed by atoms with Gasteiger partial charge in [-0.05, 0) is 37.3 Å². The van der Waals surface area contributed by atoms with E-state index in [-0.39, 0.29) is 0 Å². The third-order valence-corrected chi connectivity index (χ3v) is 3.05. The number of hydrogen-bond acceptors (Lipinski definition) is 4. The van der Waals surface area contributed by atoms with Crippen LogP contribution in [0.2, 0.25) is 0 Å². The van der Waals surface area contributed by atoms with E-state index in [1.165, 1.54) is 43.3 Å². The van der Waals surface area contributed by atoms with Crippen molar-refractivity contribution < 1.29 is 19.1 Å². The van der Waals surface area contributed by atoms with Crippen LogP contribution in [0.4, 0.5) is 4.39 Å². The average molecular weight is 319 g/mol. The fraction of sp³-hybridized carbons (Fsp3) is 0.200. The number of amides is 1. The van der Waals surface area contributed by atoms with Crippen LogP contribution in [0.3, 0.4) is 0 Å². The summed E-state index contributed by atoms with van der Waals surface area (Å²) in [5.41, 5.74) is 0.470. The number of carbonyl (C=O) groups excluding carboxylic acids is 1. The lowest BCUT2D eigenvalue weighted by atomic mass is 10.1. The van der Waals surface area contributed by atoms with Crippen molar-refractivity contribution >= 4 is 11.9 Å². The van der Waals surface area contributed by atoms with Gasteiger partial charge in [-0.25, -0.2) is 9.07 Å². The molecule has 23 heavy (non-hydrogen) atoms. The highest BCUT2D eigenvalue weighted by molar-refractivity contribution is 5.83. The van der Waals surface area contributed by atoms with Gasteiger partial charge in [0.1, 0.15) is 18.4 Å². The second-order valence-corrected chi connectivity index (χ2v) is 4.85. The van der Waals surface area contributed by atoms with Gasteiger partial charge in [0, 0.05) is 11.6 Å². The van der Waals surface area contributed by atoms with Gasteiger partial charge in [0.25, 0.3) is 5.56 Å². The maximum absolute atomic E-state index is 12.9. The van der Waals surface area contributed by atoms with Crippen LogP contribution < -0.4 is 10.9 Å². The van der Waals surface area contributed by atoms with Crippen LogP contribution in [0.15, 0.2) is 41.2 Å². The summed E-state index contributed by atoms with van der Waals surface area (Å²) in [6.45, 7) is 0.900. The number of carboxylic acid groups (broad SMARTS) is 1. The van der Waals surface area contributed by atoms with Crippen molar-refractivity contribution in [2.45, 2.75) is 19.5 Å². The molecule has 0 saturated carbocycles. The van der Waals surface area contributed by atoms with Crippen molar-refractivity contribution in [2.75, 3.05) is 0 Å². The predicted octanol–water partition coefficient (Wildman–Crippen LogP) is 0.639. The van der Waals surface area contributed by atoms with E-state index in [4.69, 9.17) is 5.11 Å². The van der Waals surface area contributed by atoms with E-state index >= 15 is 0 Å². The van der Waals surface area contributed by atoms with E-state index in [0.29, 0.717) is 11.3 Å². The number of hydrogen-bond donors (Lipinski definition) is 2. The zero-order valence-electron chi connectivity index (χ0n) is 12.2. The van der Waals surface area contributed by atoms with Crippen LogP contribution in [-0.4, -0.2) is 32.8 Å². The summed E-state index contributed by atoms with van der Waals surface area (Å²) < 4.78 is 13.8. The van der Waals surface area contributed by atoms with E-state index in [1.807, 2.05) is 0 Å². The predicted molar refractivity (Wildman–Crippen MR) is 79.1 cm³/mol. The van der Waals surface area contributed by atoms with Gasteiger partial charge in [-0.2, -0.15) is 5.10 Å². The highest BCUT2D eigenvalue weighted by Gasteiger charge is 2.15. The number of aromatic nitrogens is 2. The highest BCUT2D eigenvalue weighted by atomic mass is 19.1. The first-order chi connectivity index (χ1) is 10.9. The zero-order chi connectivity index (χ0) is 17.0. The topological polar surface area (TPSA) is 101 Å². The minimum atomic E-state index is -1.18. The molecule has 0 unspecified atom stereocenters. The molecule has 1 heterocycles. The molecule has 1 amide bonds. The maximum Gasteiger partial charge on any atom is 0.325 e. The quantitative estimate of drug-likeness (QED) is 0.842. The van der Waals surface area contributed by atoms with Crippen LogP contribution in [0.5, 0.6) is 0 Å². The molecule has 0 spiro atoms. The van der Waals surface area contributed by atoms with E-state index < -0.39 is 35.8 Å². The highest BCUT2D eigenvalue weighted by Crippen LogP contribution is 2.15. The first kappa shape index (κ1) is 16.3. The van der Waals surface area contributed by atoms with Crippen molar-refractivity contribution in [2.24, 2.45) is 0 Å². The molecule has 0 bridgehead atoms. The van der Waals surface area contributed by atoms with Crippen LogP contribution in [0.25, 0.3) is 11.3 Å². The first-order valence-electron chi connectivity index (χ1n) is 6.73. The standard InChI is InChI=1S/C15H14FN3O4/c1-9(15(22)23)17-13(20)8-19-14(21)7-6-12(18-19)10-2-4-11(16)5-3-10/h2-7,9H,8H2,1H3,(H,17,20)(H,22,23)/t9-/m1/s1. The molecule has 2 aromatic rings. The van der Waals surface area contributed by atoms with Gasteiger partial charge in [0.2, 0.25) is 5.91 Å². The van der Waals surface area contributed by atoms with Crippen LogP contribution >= 0.6 is 0 Å². The Labute approximate surface area is 130 Å². The smallest absolute Gasteiger partial charge is 0.325 e. The molecule has 1 aromatic carbocycles. The zero-order valence-corrected chi connectivity index (χ0v) is 12.2. The Kier molecular flexibility index (Phi) is 4.85. The van der Waals surface area contributed by atoms with Gasteiger partial charge in [-0.1, -0.05) is 0 Å². The third kappa shape index (κ3) is 4.22. The molecule has 0 fully saturated rings. The van der Waals surface area contributed by atoms with Gasteiger partial charge >= 0.3 is 5.97 Å². The van der Waals surface area contributed by atoms with E-state index in [1.54, 1.807) is 0 Å². The van der Waals surface area contributed by atoms with Crippen LogP contribution in [0.1, 0.15) is 6.92 Å². The largest absolute Gasteiger partial charge is 0.480 e. The molecule has 0 aliphatic heterocycles. The normalized spacial score (nSPS) is 11.7. The number of nitrogens with one attached hydrogen (secondary N) is 1. The van der Waals surface area contributed by atoms with Crippen molar-refractivity contribution in [1.82, 2.24) is 15.1 Å². The lowest BCUT2D eigenvalue weighted by molar-refractivity contribution is -0.141. The molecular weight excluding hydrogens is 305 g/mol. The minimum Gasteiger partial charge on any atom is -0.480 e. The summed E-state index contributed by atoms with van der Waals surface area (Å²) in [6.07, 6.45) is 0. The first-order valence-corrected chi connectivity index (χ1v) is 6.73. The second-order valence-electron chi connectivity index (χ2n) is 4.85. The van der Waals surface area contributed by atoms with Crippen molar-refractivity contribution in [1.29, 1.82) is 0 Å². The van der Waals surface area contributed by atoms with Crippen LogP contribution in [0, 0.1) is 5.82 Å². The molecule has 2 N–H and O–H groups in total. The Morgan fingerprint density at radius 1 is 1.26 bits per heavy atom. The van der Waals surface area contributed by atoms with Crippen LogP contribution in [-0.2, 0) is 16.1 Å². The van der Waals surface area contributed by atoms with Crippen molar-refractivity contribution in [3.8, 4) is 11.3 Å². The summed E-state index contributed by atoms with van der Waals surface area (Å²) in [4.78, 5) is 34.2. The summed E-state index contributed by atoms with van der Waals surface area (Å²) in [5, 5.41) is 15.0. The maximum atomic E-state index is 12.9. The molecule has 1 aromatic heterocycles. The molecule has 0 aliphatic rings. The minimum absolute atomic E-state index is 0.392. The lowest BCUT2D eigenvalue weighted by Crippen LogP contribution is -2.41. The molecule has 0 radical (unpaired) electrons. The monoisotopic (exact) mass is 319 g/mol. The Hall–Kier alpha value is -3.03. The van der Waals surface area contributed by atoms with Gasteiger partial charge in [-0.3, -0.25) is 14.4 Å². The summed E-state index contributed by atoms with van der Waals surface area (Å²) in [6, 6.07) is 7.14. The molecule has 120 valence electrons. The third-order valence-electron chi connectivity index (χ3n) is 3.05. The molecule has 8 heteroatoms. The number of carbonyl (C=O) groups is 2. The number of halogens is 1. The SMILES string of the molecule is C[C@@H](NC(=O)Cn1nc(-c2ccc(F)cc2)ccc1=O)C(=O)O. The fourth-order valence-electron chi connectivity index (χ4n) is 1.82. The van der Waals surface area contributed by atoms with E-state index in [0.717, 1.165) is 4.68 Å². The Morgan fingerprint density at radius 2 is 1.91 bits per heavy atom.